The average molecular weight is 256 g/mol. The van der Waals surface area contributed by atoms with Crippen LogP contribution in [-0.2, 0) is 0 Å². The van der Waals surface area contributed by atoms with E-state index in [9.17, 15) is 13.2 Å². The van der Waals surface area contributed by atoms with Crippen molar-refractivity contribution in [3.05, 3.63) is 29.6 Å². The van der Waals surface area contributed by atoms with Gasteiger partial charge in [0.1, 0.15) is 0 Å². The third-order valence-electron chi connectivity index (χ3n) is 3.94. The van der Waals surface area contributed by atoms with Crippen LogP contribution in [0, 0.1) is 17.5 Å². The van der Waals surface area contributed by atoms with Gasteiger partial charge in [-0.25, -0.2) is 13.2 Å². The van der Waals surface area contributed by atoms with Gasteiger partial charge in [-0.3, -0.25) is 4.90 Å². The van der Waals surface area contributed by atoms with Crippen LogP contribution in [0.15, 0.2) is 12.1 Å². The minimum atomic E-state index is -1.41. The molecule has 2 aliphatic heterocycles. The Morgan fingerprint density at radius 1 is 1.06 bits per heavy atom. The maximum Gasteiger partial charge on any atom is 0.194 e. The Balaban J connectivity index is 1.77. The van der Waals surface area contributed by atoms with Crippen LogP contribution < -0.4 is 5.32 Å². The summed E-state index contributed by atoms with van der Waals surface area (Å²) >= 11 is 0. The van der Waals surface area contributed by atoms with Crippen molar-refractivity contribution in [2.45, 2.75) is 31.3 Å². The smallest absolute Gasteiger partial charge is 0.194 e. The van der Waals surface area contributed by atoms with Crippen LogP contribution in [0.5, 0.6) is 0 Å². The molecule has 1 N–H and O–H groups in total. The van der Waals surface area contributed by atoms with Gasteiger partial charge in [-0.05, 0) is 25.8 Å². The van der Waals surface area contributed by atoms with Gasteiger partial charge in [0.05, 0.1) is 0 Å². The Hall–Kier alpha value is -1.23. The van der Waals surface area contributed by atoms with Gasteiger partial charge in [-0.1, -0.05) is 0 Å². The maximum atomic E-state index is 13.1. The van der Waals surface area contributed by atoms with Crippen molar-refractivity contribution in [1.29, 1.82) is 0 Å². The summed E-state index contributed by atoms with van der Waals surface area (Å²) in [7, 11) is 0. The summed E-state index contributed by atoms with van der Waals surface area (Å²) in [6.07, 6.45) is 3.25. The lowest BCUT2D eigenvalue weighted by Gasteiger charge is -2.22. The monoisotopic (exact) mass is 256 g/mol. The van der Waals surface area contributed by atoms with Crippen molar-refractivity contribution in [2.75, 3.05) is 18.4 Å². The summed E-state index contributed by atoms with van der Waals surface area (Å²) in [4.78, 5) is 2.40. The van der Waals surface area contributed by atoms with E-state index < -0.39 is 17.5 Å². The number of benzene rings is 1. The van der Waals surface area contributed by atoms with E-state index in [0.717, 1.165) is 38.1 Å². The molecule has 0 spiro atoms. The van der Waals surface area contributed by atoms with Crippen molar-refractivity contribution in [3.63, 3.8) is 0 Å². The molecule has 2 saturated heterocycles. The Morgan fingerprint density at radius 3 is 2.50 bits per heavy atom. The van der Waals surface area contributed by atoms with Crippen molar-refractivity contribution in [2.24, 2.45) is 0 Å². The first kappa shape index (κ1) is 11.8. The minimum absolute atomic E-state index is 0.205. The average Bonchev–Trinajstić information content (AvgIpc) is 2.91. The molecular weight excluding hydrogens is 241 g/mol. The van der Waals surface area contributed by atoms with Gasteiger partial charge in [-0.15, -0.1) is 0 Å². The molecule has 2 atom stereocenters. The standard InChI is InChI=1S/C13H15F3N2/c14-9-6-8(7-10(15)13(9)16)17-11-3-5-18-4-1-2-12(11)18/h6-7,11-12,17H,1-5H2. The zero-order valence-electron chi connectivity index (χ0n) is 9.93. The predicted molar refractivity (Wildman–Crippen MR) is 62.9 cm³/mol. The largest absolute Gasteiger partial charge is 0.381 e. The van der Waals surface area contributed by atoms with Crippen LogP contribution in [0.25, 0.3) is 0 Å². The van der Waals surface area contributed by atoms with Crippen molar-refractivity contribution in [3.8, 4) is 0 Å². The van der Waals surface area contributed by atoms with Crippen LogP contribution in [0.1, 0.15) is 19.3 Å². The van der Waals surface area contributed by atoms with Gasteiger partial charge in [0.15, 0.2) is 17.5 Å². The fraction of sp³-hybridized carbons (Fsp3) is 0.538. The van der Waals surface area contributed by atoms with Crippen molar-refractivity contribution >= 4 is 5.69 Å². The van der Waals surface area contributed by atoms with Gasteiger partial charge in [0.2, 0.25) is 0 Å². The van der Waals surface area contributed by atoms with Crippen LogP contribution in [0.2, 0.25) is 0 Å². The number of fused-ring (bicyclic) bond motifs is 1. The van der Waals surface area contributed by atoms with Crippen LogP contribution in [-0.4, -0.2) is 30.1 Å². The second-order valence-electron chi connectivity index (χ2n) is 5.04. The molecule has 0 amide bonds. The topological polar surface area (TPSA) is 15.3 Å². The molecule has 2 nitrogen and oxygen atoms in total. The normalized spacial score (nSPS) is 27.5. The van der Waals surface area contributed by atoms with Crippen molar-refractivity contribution in [1.82, 2.24) is 4.90 Å². The van der Waals surface area contributed by atoms with Gasteiger partial charge in [-0.2, -0.15) is 0 Å². The fourth-order valence-electron chi connectivity index (χ4n) is 3.10. The Bertz CT molecular complexity index is 441. The summed E-state index contributed by atoms with van der Waals surface area (Å²) in [5.41, 5.74) is 0.324. The highest BCUT2D eigenvalue weighted by Gasteiger charge is 2.37. The molecule has 3 rings (SSSR count). The van der Waals surface area contributed by atoms with Crippen LogP contribution in [0.4, 0.5) is 18.9 Å². The molecule has 0 bridgehead atoms. The fourth-order valence-corrected chi connectivity index (χ4v) is 3.10. The zero-order chi connectivity index (χ0) is 12.7. The number of nitrogens with zero attached hydrogens (tertiary/aromatic N) is 1. The van der Waals surface area contributed by atoms with Crippen LogP contribution >= 0.6 is 0 Å². The van der Waals surface area contributed by atoms with E-state index in [1.807, 2.05) is 0 Å². The summed E-state index contributed by atoms with van der Waals surface area (Å²) in [6.45, 7) is 2.13. The SMILES string of the molecule is Fc1cc(NC2CCN3CCCC23)cc(F)c1F. The van der Waals surface area contributed by atoms with E-state index in [1.165, 1.54) is 6.42 Å². The van der Waals surface area contributed by atoms with E-state index in [1.54, 1.807) is 0 Å². The first-order chi connectivity index (χ1) is 8.65. The third-order valence-corrected chi connectivity index (χ3v) is 3.94. The highest BCUT2D eigenvalue weighted by Crippen LogP contribution is 2.30. The Morgan fingerprint density at radius 2 is 1.78 bits per heavy atom. The van der Waals surface area contributed by atoms with Gasteiger partial charge in [0.25, 0.3) is 0 Å². The molecule has 98 valence electrons. The number of rotatable bonds is 2. The lowest BCUT2D eigenvalue weighted by atomic mass is 10.1. The van der Waals surface area contributed by atoms with Gasteiger partial charge < -0.3 is 5.32 Å². The lowest BCUT2D eigenvalue weighted by molar-refractivity contribution is 0.318. The lowest BCUT2D eigenvalue weighted by Crippen LogP contribution is -2.33. The second-order valence-corrected chi connectivity index (χ2v) is 5.04. The first-order valence-corrected chi connectivity index (χ1v) is 6.30. The Kier molecular flexibility index (Phi) is 2.93. The molecule has 5 heteroatoms. The number of halogens is 3. The number of anilines is 1. The highest BCUT2D eigenvalue weighted by molar-refractivity contribution is 5.45. The van der Waals surface area contributed by atoms with E-state index >= 15 is 0 Å². The molecule has 0 aromatic heterocycles. The molecule has 2 unspecified atom stereocenters. The molecule has 0 aliphatic carbocycles. The molecule has 1 aromatic carbocycles. The second kappa shape index (κ2) is 4.46. The summed E-state index contributed by atoms with van der Waals surface area (Å²) in [5, 5.41) is 3.13. The molecule has 2 aliphatic rings. The van der Waals surface area contributed by atoms with E-state index in [0.29, 0.717) is 11.7 Å². The van der Waals surface area contributed by atoms with Gasteiger partial charge in [0, 0.05) is 36.4 Å². The number of hydrogen-bond acceptors (Lipinski definition) is 2. The molecular formula is C13H15F3N2. The summed E-state index contributed by atoms with van der Waals surface area (Å²) in [6, 6.07) is 2.70. The Labute approximate surface area is 104 Å². The van der Waals surface area contributed by atoms with E-state index in [-0.39, 0.29) is 6.04 Å². The minimum Gasteiger partial charge on any atom is -0.381 e. The molecule has 2 fully saturated rings. The van der Waals surface area contributed by atoms with Crippen LogP contribution in [0.3, 0.4) is 0 Å². The molecule has 0 radical (unpaired) electrons. The van der Waals surface area contributed by atoms with Gasteiger partial charge >= 0.3 is 0 Å². The molecule has 0 saturated carbocycles. The first-order valence-electron chi connectivity index (χ1n) is 6.30. The van der Waals surface area contributed by atoms with E-state index in [2.05, 4.69) is 10.2 Å². The molecule has 1 aromatic rings. The zero-order valence-corrected chi connectivity index (χ0v) is 9.93. The maximum absolute atomic E-state index is 13.1. The predicted octanol–water partition coefficient (Wildman–Crippen LogP) is 2.75. The number of nitrogens with one attached hydrogen (secondary N) is 1. The number of hydrogen-bond donors (Lipinski definition) is 1. The third kappa shape index (κ3) is 1.96. The molecule has 18 heavy (non-hydrogen) atoms. The summed E-state index contributed by atoms with van der Waals surface area (Å²) < 4.78 is 39.1. The van der Waals surface area contributed by atoms with E-state index in [4.69, 9.17) is 0 Å². The quantitative estimate of drug-likeness (QED) is 0.818. The highest BCUT2D eigenvalue weighted by atomic mass is 19.2. The molecule has 2 heterocycles. The summed E-state index contributed by atoms with van der Waals surface area (Å²) in [5.74, 6) is -3.69. The van der Waals surface area contributed by atoms with Crippen molar-refractivity contribution < 1.29 is 13.2 Å².